The number of carbonyl (C=O) groups is 1. The van der Waals surface area contributed by atoms with Crippen molar-refractivity contribution in [2.45, 2.75) is 45.3 Å². The molecule has 7 heteroatoms. The van der Waals surface area contributed by atoms with Gasteiger partial charge in [-0.25, -0.2) is 0 Å². The third-order valence-electron chi connectivity index (χ3n) is 5.61. The molecular weight excluding hydrogens is 317 g/mol. The number of amides is 1. The number of nitrogens with zero attached hydrogens (tertiary/aromatic N) is 3. The zero-order chi connectivity index (χ0) is 18.1. The molecule has 2 fully saturated rings. The summed E-state index contributed by atoms with van der Waals surface area (Å²) >= 11 is 0. The Morgan fingerprint density at radius 3 is 2.28 bits per heavy atom. The van der Waals surface area contributed by atoms with Crippen LogP contribution in [0.3, 0.4) is 0 Å². The minimum atomic E-state index is -0.358. The van der Waals surface area contributed by atoms with Gasteiger partial charge in [0, 0.05) is 56.5 Å². The van der Waals surface area contributed by atoms with Gasteiger partial charge in [-0.15, -0.1) is 0 Å². The van der Waals surface area contributed by atoms with Crippen LogP contribution in [0.25, 0.3) is 0 Å². The third kappa shape index (κ3) is 4.05. The van der Waals surface area contributed by atoms with E-state index in [1.807, 2.05) is 11.1 Å². The van der Waals surface area contributed by atoms with Gasteiger partial charge in [0.25, 0.3) is 0 Å². The summed E-state index contributed by atoms with van der Waals surface area (Å²) in [4.78, 5) is 19.5. The van der Waals surface area contributed by atoms with Gasteiger partial charge in [-0.1, -0.05) is 6.07 Å². The van der Waals surface area contributed by atoms with Crippen molar-refractivity contribution >= 4 is 19.0 Å². The molecule has 0 aromatic carbocycles. The van der Waals surface area contributed by atoms with Crippen LogP contribution in [-0.4, -0.2) is 72.2 Å². The number of hydrogen-bond donors (Lipinski definition) is 0. The second-order valence-corrected chi connectivity index (χ2v) is 7.90. The first-order valence-corrected chi connectivity index (χ1v) is 9.03. The highest BCUT2D eigenvalue weighted by Gasteiger charge is 2.51. The molecule has 3 heterocycles. The van der Waals surface area contributed by atoms with E-state index in [2.05, 4.69) is 49.7 Å². The van der Waals surface area contributed by atoms with Crippen LogP contribution in [0, 0.1) is 0 Å². The molecule has 2 aliphatic rings. The summed E-state index contributed by atoms with van der Waals surface area (Å²) < 4.78 is 12.1. The fourth-order valence-corrected chi connectivity index (χ4v) is 3.07. The van der Waals surface area contributed by atoms with Gasteiger partial charge in [0.15, 0.2) is 0 Å². The Bertz CT molecular complexity index is 582. The number of carbonyl (C=O) groups excluding carboxylic acids is 1. The Labute approximate surface area is 150 Å². The lowest BCUT2D eigenvalue weighted by atomic mass is 9.80. The molecule has 3 rings (SSSR count). The van der Waals surface area contributed by atoms with E-state index in [9.17, 15) is 4.79 Å². The molecule has 25 heavy (non-hydrogen) atoms. The largest absolute Gasteiger partial charge is 0.496 e. The van der Waals surface area contributed by atoms with E-state index >= 15 is 0 Å². The van der Waals surface area contributed by atoms with Gasteiger partial charge in [0.2, 0.25) is 6.41 Å². The van der Waals surface area contributed by atoms with Gasteiger partial charge in [-0.05, 0) is 33.8 Å². The number of aromatic nitrogens is 1. The number of hydrogen-bond acceptors (Lipinski definition) is 5. The summed E-state index contributed by atoms with van der Waals surface area (Å²) in [6, 6.07) is 4.11. The molecule has 1 amide bonds. The molecule has 2 aliphatic heterocycles. The summed E-state index contributed by atoms with van der Waals surface area (Å²) in [7, 11) is -0.358. The van der Waals surface area contributed by atoms with Crippen LogP contribution in [0.15, 0.2) is 18.3 Å². The van der Waals surface area contributed by atoms with E-state index in [0.29, 0.717) is 0 Å². The van der Waals surface area contributed by atoms with Crippen molar-refractivity contribution in [3.63, 3.8) is 0 Å². The smallest absolute Gasteiger partial charge is 0.399 e. The fraction of sp³-hybridized carbons (Fsp3) is 0.667. The molecule has 6 nitrogen and oxygen atoms in total. The zero-order valence-corrected chi connectivity index (χ0v) is 15.7. The predicted molar refractivity (Wildman–Crippen MR) is 97.7 cm³/mol. The second kappa shape index (κ2) is 7.06. The van der Waals surface area contributed by atoms with Crippen LogP contribution in [0.1, 0.15) is 33.4 Å². The molecule has 0 N–H and O–H groups in total. The summed E-state index contributed by atoms with van der Waals surface area (Å²) in [6.45, 7) is 12.7. The molecule has 0 bridgehead atoms. The van der Waals surface area contributed by atoms with Crippen molar-refractivity contribution in [3.8, 4) is 0 Å². The first kappa shape index (κ1) is 18.4. The van der Waals surface area contributed by atoms with Gasteiger partial charge >= 0.3 is 7.12 Å². The lowest BCUT2D eigenvalue weighted by Crippen LogP contribution is -2.46. The van der Waals surface area contributed by atoms with E-state index in [-0.39, 0.29) is 18.3 Å². The summed E-state index contributed by atoms with van der Waals surface area (Å²) in [5.41, 5.74) is 1.36. The Morgan fingerprint density at radius 1 is 1.12 bits per heavy atom. The standard InChI is InChI=1S/C18H28BN3O3/c1-17(2)18(3,4)25-19(24-17)15-5-6-16(20-13-15)7-8-21-9-11-22(14-23)12-10-21/h5-6,13-14H,7-12H2,1-4H3. The average molecular weight is 345 g/mol. The van der Waals surface area contributed by atoms with Crippen LogP contribution in [-0.2, 0) is 20.5 Å². The molecule has 2 saturated heterocycles. The Balaban J connectivity index is 1.52. The maximum absolute atomic E-state index is 10.7. The zero-order valence-electron chi connectivity index (χ0n) is 15.7. The highest BCUT2D eigenvalue weighted by Crippen LogP contribution is 2.36. The minimum absolute atomic E-state index is 0.333. The number of piperazine rings is 1. The number of pyridine rings is 1. The summed E-state index contributed by atoms with van der Waals surface area (Å²) in [5, 5.41) is 0. The van der Waals surface area contributed by atoms with Gasteiger partial charge in [0.1, 0.15) is 0 Å². The summed E-state index contributed by atoms with van der Waals surface area (Å²) in [6.07, 6.45) is 3.71. The van der Waals surface area contributed by atoms with Gasteiger partial charge < -0.3 is 14.2 Å². The minimum Gasteiger partial charge on any atom is -0.399 e. The monoisotopic (exact) mass is 345 g/mol. The van der Waals surface area contributed by atoms with Gasteiger partial charge in [-0.3, -0.25) is 14.7 Å². The SMILES string of the molecule is CC1(C)OB(c2ccc(CCN3CCN(C=O)CC3)nc2)OC1(C)C. The fourth-order valence-electron chi connectivity index (χ4n) is 3.07. The molecule has 0 spiro atoms. The van der Waals surface area contributed by atoms with Crippen LogP contribution >= 0.6 is 0 Å². The van der Waals surface area contributed by atoms with Crippen LogP contribution < -0.4 is 5.46 Å². The first-order valence-electron chi connectivity index (χ1n) is 9.03. The Hall–Kier alpha value is -1.44. The second-order valence-electron chi connectivity index (χ2n) is 7.90. The van der Waals surface area contributed by atoms with Crippen molar-refractivity contribution in [2.24, 2.45) is 0 Å². The molecule has 0 unspecified atom stereocenters. The van der Waals surface area contributed by atoms with Crippen LogP contribution in [0.5, 0.6) is 0 Å². The molecule has 0 saturated carbocycles. The van der Waals surface area contributed by atoms with Crippen molar-refractivity contribution < 1.29 is 14.1 Å². The molecule has 0 atom stereocenters. The molecular formula is C18H28BN3O3. The van der Waals surface area contributed by atoms with E-state index in [1.165, 1.54) is 0 Å². The van der Waals surface area contributed by atoms with Crippen molar-refractivity contribution in [3.05, 3.63) is 24.0 Å². The van der Waals surface area contributed by atoms with Crippen molar-refractivity contribution in [2.75, 3.05) is 32.7 Å². The van der Waals surface area contributed by atoms with Gasteiger partial charge in [0.05, 0.1) is 11.2 Å². The topological polar surface area (TPSA) is 54.9 Å². The summed E-state index contributed by atoms with van der Waals surface area (Å²) in [5.74, 6) is 0. The van der Waals surface area contributed by atoms with Crippen molar-refractivity contribution in [1.82, 2.24) is 14.8 Å². The highest BCUT2D eigenvalue weighted by molar-refractivity contribution is 6.62. The molecule has 0 aliphatic carbocycles. The molecule has 1 aromatic heterocycles. The first-order chi connectivity index (χ1) is 11.8. The quantitative estimate of drug-likeness (QED) is 0.581. The average Bonchev–Trinajstić information content (AvgIpc) is 2.82. The Kier molecular flexibility index (Phi) is 5.18. The maximum Gasteiger partial charge on any atom is 0.496 e. The van der Waals surface area contributed by atoms with E-state index < -0.39 is 0 Å². The molecule has 0 radical (unpaired) electrons. The molecule has 1 aromatic rings. The van der Waals surface area contributed by atoms with E-state index in [1.54, 1.807) is 0 Å². The lowest BCUT2D eigenvalue weighted by Gasteiger charge is -2.32. The van der Waals surface area contributed by atoms with Crippen molar-refractivity contribution in [1.29, 1.82) is 0 Å². The third-order valence-corrected chi connectivity index (χ3v) is 5.61. The van der Waals surface area contributed by atoms with Crippen LogP contribution in [0.4, 0.5) is 0 Å². The normalized spacial score (nSPS) is 23.0. The van der Waals surface area contributed by atoms with Gasteiger partial charge in [-0.2, -0.15) is 0 Å². The maximum atomic E-state index is 10.7. The predicted octanol–water partition coefficient (Wildman–Crippen LogP) is 0.697. The van der Waals surface area contributed by atoms with E-state index in [0.717, 1.165) is 56.7 Å². The lowest BCUT2D eigenvalue weighted by molar-refractivity contribution is -0.119. The Morgan fingerprint density at radius 2 is 1.76 bits per heavy atom. The van der Waals surface area contributed by atoms with E-state index in [4.69, 9.17) is 9.31 Å². The number of rotatable bonds is 5. The van der Waals surface area contributed by atoms with Crippen LogP contribution in [0.2, 0.25) is 0 Å². The highest BCUT2D eigenvalue weighted by atomic mass is 16.7. The molecule has 136 valence electrons.